The van der Waals surface area contributed by atoms with Crippen molar-refractivity contribution in [2.45, 2.75) is 13.8 Å². The molecule has 0 bridgehead atoms. The van der Waals surface area contributed by atoms with Crippen LogP contribution in [0.2, 0.25) is 0 Å². The van der Waals surface area contributed by atoms with E-state index in [4.69, 9.17) is 4.42 Å². The third-order valence-corrected chi connectivity index (χ3v) is 2.99. The Morgan fingerprint density at radius 2 is 2.27 bits per heavy atom. The molecule has 0 aromatic carbocycles. The number of nitrogens with zero attached hydrogens (tertiary/aromatic N) is 3. The number of furan rings is 1. The SMILES string of the molecule is Cc1cc(-c2cn3ncsc3n2)c(C)o1. The maximum absolute atomic E-state index is 5.48. The van der Waals surface area contributed by atoms with Gasteiger partial charge >= 0.3 is 0 Å². The number of aryl methyl sites for hydroxylation is 2. The number of rotatable bonds is 1. The zero-order chi connectivity index (χ0) is 10.4. The fourth-order valence-corrected chi connectivity index (χ4v) is 2.26. The number of hydrogen-bond donors (Lipinski definition) is 0. The molecule has 3 heterocycles. The Labute approximate surface area is 90.2 Å². The predicted molar refractivity (Wildman–Crippen MR) is 58.0 cm³/mol. The van der Waals surface area contributed by atoms with Crippen LogP contribution >= 0.6 is 11.3 Å². The second kappa shape index (κ2) is 2.93. The molecule has 3 rings (SSSR count). The van der Waals surface area contributed by atoms with Crippen molar-refractivity contribution in [1.82, 2.24) is 14.6 Å². The maximum Gasteiger partial charge on any atom is 0.212 e. The highest BCUT2D eigenvalue weighted by atomic mass is 32.1. The van der Waals surface area contributed by atoms with E-state index in [0.717, 1.165) is 27.7 Å². The van der Waals surface area contributed by atoms with Crippen LogP contribution in [0.1, 0.15) is 11.5 Å². The average Bonchev–Trinajstić information content (AvgIpc) is 2.77. The Hall–Kier alpha value is -1.62. The summed E-state index contributed by atoms with van der Waals surface area (Å²) in [5, 5.41) is 4.14. The first-order valence-corrected chi connectivity index (χ1v) is 5.48. The van der Waals surface area contributed by atoms with E-state index in [1.54, 1.807) is 10.0 Å². The van der Waals surface area contributed by atoms with Crippen LogP contribution in [0.3, 0.4) is 0 Å². The fourth-order valence-electron chi connectivity index (χ4n) is 1.65. The number of imidazole rings is 1. The summed E-state index contributed by atoms with van der Waals surface area (Å²) in [7, 11) is 0. The Balaban J connectivity index is 2.21. The third-order valence-electron chi connectivity index (χ3n) is 2.30. The van der Waals surface area contributed by atoms with Gasteiger partial charge in [0.2, 0.25) is 4.96 Å². The Kier molecular flexibility index (Phi) is 1.70. The van der Waals surface area contributed by atoms with Gasteiger partial charge in [0.15, 0.2) is 0 Å². The second-order valence-corrected chi connectivity index (χ2v) is 4.23. The largest absolute Gasteiger partial charge is 0.466 e. The first-order chi connectivity index (χ1) is 7.24. The highest BCUT2D eigenvalue weighted by Crippen LogP contribution is 2.26. The molecule has 0 aliphatic rings. The minimum Gasteiger partial charge on any atom is -0.466 e. The zero-order valence-electron chi connectivity index (χ0n) is 8.39. The second-order valence-electron chi connectivity index (χ2n) is 3.42. The highest BCUT2D eigenvalue weighted by Gasteiger charge is 2.11. The molecule has 0 amide bonds. The van der Waals surface area contributed by atoms with Crippen molar-refractivity contribution >= 4 is 16.3 Å². The molecule has 0 N–H and O–H groups in total. The molecule has 5 heteroatoms. The molecule has 0 unspecified atom stereocenters. The summed E-state index contributed by atoms with van der Waals surface area (Å²) in [6.45, 7) is 3.89. The Bertz CT molecular complexity index is 591. The van der Waals surface area contributed by atoms with Crippen LogP contribution < -0.4 is 0 Å². The summed E-state index contributed by atoms with van der Waals surface area (Å²) in [4.78, 5) is 5.38. The van der Waals surface area contributed by atoms with Gasteiger partial charge in [-0.3, -0.25) is 0 Å². The summed E-state index contributed by atoms with van der Waals surface area (Å²) in [5.41, 5.74) is 3.74. The number of fused-ring (bicyclic) bond motifs is 1. The molecule has 0 aliphatic heterocycles. The van der Waals surface area contributed by atoms with Crippen LogP contribution in [0.25, 0.3) is 16.2 Å². The van der Waals surface area contributed by atoms with Gasteiger partial charge in [-0.05, 0) is 19.9 Å². The molecule has 4 nitrogen and oxygen atoms in total. The molecule has 0 aliphatic carbocycles. The molecule has 0 atom stereocenters. The summed E-state index contributed by atoms with van der Waals surface area (Å²) < 4.78 is 7.25. The highest BCUT2D eigenvalue weighted by molar-refractivity contribution is 7.14. The Morgan fingerprint density at radius 3 is 2.93 bits per heavy atom. The van der Waals surface area contributed by atoms with E-state index in [9.17, 15) is 0 Å². The molecular weight excluding hydrogens is 210 g/mol. The van der Waals surface area contributed by atoms with E-state index in [1.807, 2.05) is 26.1 Å². The van der Waals surface area contributed by atoms with Crippen LogP contribution in [-0.4, -0.2) is 14.6 Å². The number of aromatic nitrogens is 3. The van der Waals surface area contributed by atoms with Crippen molar-refractivity contribution in [2.24, 2.45) is 0 Å². The van der Waals surface area contributed by atoms with E-state index < -0.39 is 0 Å². The lowest BCUT2D eigenvalue weighted by Crippen LogP contribution is -1.77. The molecule has 3 aromatic rings. The minimum atomic E-state index is 0.901. The van der Waals surface area contributed by atoms with Crippen molar-refractivity contribution in [3.63, 3.8) is 0 Å². The molecule has 0 fully saturated rings. The van der Waals surface area contributed by atoms with Crippen LogP contribution in [0.5, 0.6) is 0 Å². The summed E-state index contributed by atoms with van der Waals surface area (Å²) >= 11 is 1.53. The fraction of sp³-hybridized carbons (Fsp3) is 0.200. The summed E-state index contributed by atoms with van der Waals surface area (Å²) in [6, 6.07) is 2.00. The van der Waals surface area contributed by atoms with Crippen molar-refractivity contribution in [3.05, 3.63) is 29.3 Å². The normalized spacial score (nSPS) is 11.3. The molecule has 0 saturated carbocycles. The monoisotopic (exact) mass is 219 g/mol. The van der Waals surface area contributed by atoms with Crippen LogP contribution in [-0.2, 0) is 0 Å². The van der Waals surface area contributed by atoms with Crippen LogP contribution in [0.15, 0.2) is 22.2 Å². The van der Waals surface area contributed by atoms with Crippen molar-refractivity contribution < 1.29 is 4.42 Å². The van der Waals surface area contributed by atoms with E-state index in [-0.39, 0.29) is 0 Å². The van der Waals surface area contributed by atoms with Crippen molar-refractivity contribution in [1.29, 1.82) is 0 Å². The number of hydrogen-bond acceptors (Lipinski definition) is 4. The molecule has 0 saturated heterocycles. The Morgan fingerprint density at radius 1 is 1.40 bits per heavy atom. The molecular formula is C10H9N3OS. The predicted octanol–water partition coefficient (Wildman–Crippen LogP) is 2.67. The van der Waals surface area contributed by atoms with Gasteiger partial charge in [0, 0.05) is 5.56 Å². The molecule has 76 valence electrons. The van der Waals surface area contributed by atoms with Crippen LogP contribution in [0, 0.1) is 13.8 Å². The van der Waals surface area contributed by atoms with Gasteiger partial charge < -0.3 is 4.42 Å². The third kappa shape index (κ3) is 1.27. The van der Waals surface area contributed by atoms with Gasteiger partial charge in [-0.1, -0.05) is 11.3 Å². The maximum atomic E-state index is 5.48. The lowest BCUT2D eigenvalue weighted by molar-refractivity contribution is 0.505. The van der Waals surface area contributed by atoms with Crippen LogP contribution in [0.4, 0.5) is 0 Å². The van der Waals surface area contributed by atoms with Gasteiger partial charge in [0.05, 0.1) is 11.9 Å². The summed E-state index contributed by atoms with van der Waals surface area (Å²) in [5.74, 6) is 1.81. The van der Waals surface area contributed by atoms with Gasteiger partial charge in [-0.2, -0.15) is 5.10 Å². The first kappa shape index (κ1) is 8.67. The zero-order valence-corrected chi connectivity index (χ0v) is 9.21. The lowest BCUT2D eigenvalue weighted by atomic mass is 10.2. The quantitative estimate of drug-likeness (QED) is 0.632. The molecule has 0 radical (unpaired) electrons. The van der Waals surface area contributed by atoms with E-state index in [2.05, 4.69) is 10.1 Å². The van der Waals surface area contributed by atoms with Gasteiger partial charge in [0.25, 0.3) is 0 Å². The van der Waals surface area contributed by atoms with Gasteiger partial charge in [0.1, 0.15) is 17.0 Å². The topological polar surface area (TPSA) is 43.3 Å². The molecule has 0 spiro atoms. The summed E-state index contributed by atoms with van der Waals surface area (Å²) in [6.07, 6.45) is 1.92. The van der Waals surface area contributed by atoms with Gasteiger partial charge in [-0.15, -0.1) is 0 Å². The first-order valence-electron chi connectivity index (χ1n) is 4.60. The molecule has 3 aromatic heterocycles. The minimum absolute atomic E-state index is 0.901. The van der Waals surface area contributed by atoms with E-state index >= 15 is 0 Å². The average molecular weight is 219 g/mol. The van der Waals surface area contributed by atoms with E-state index in [0.29, 0.717) is 0 Å². The van der Waals surface area contributed by atoms with Crippen molar-refractivity contribution in [3.8, 4) is 11.3 Å². The standard InChI is InChI=1S/C10H9N3OS/c1-6-3-8(7(2)14-6)9-4-13-10(12-9)15-5-11-13/h3-5H,1-2H3. The van der Waals surface area contributed by atoms with Gasteiger partial charge in [-0.25, -0.2) is 9.50 Å². The van der Waals surface area contributed by atoms with E-state index in [1.165, 1.54) is 11.3 Å². The lowest BCUT2D eigenvalue weighted by Gasteiger charge is -1.89. The van der Waals surface area contributed by atoms with Crippen molar-refractivity contribution in [2.75, 3.05) is 0 Å². The smallest absolute Gasteiger partial charge is 0.212 e. The molecule has 15 heavy (non-hydrogen) atoms.